The SMILES string of the molecule is CCCS(=O)(=O)N[C@@H](C(=O)NCc1cccnc1)C(C)C. The van der Waals surface area contributed by atoms with E-state index in [1.165, 1.54) is 0 Å². The Morgan fingerprint density at radius 3 is 2.62 bits per heavy atom. The lowest BCUT2D eigenvalue weighted by atomic mass is 10.0. The van der Waals surface area contributed by atoms with Crippen LogP contribution >= 0.6 is 0 Å². The van der Waals surface area contributed by atoms with E-state index >= 15 is 0 Å². The van der Waals surface area contributed by atoms with Gasteiger partial charge in [0.1, 0.15) is 6.04 Å². The molecule has 1 atom stereocenters. The monoisotopic (exact) mass is 313 g/mol. The molecule has 1 rings (SSSR count). The summed E-state index contributed by atoms with van der Waals surface area (Å²) in [5, 5.41) is 2.74. The third kappa shape index (κ3) is 6.22. The second-order valence-corrected chi connectivity index (χ2v) is 7.11. The van der Waals surface area contributed by atoms with Crippen molar-refractivity contribution >= 4 is 15.9 Å². The van der Waals surface area contributed by atoms with Gasteiger partial charge in [-0.05, 0) is 24.0 Å². The van der Waals surface area contributed by atoms with Crippen LogP contribution in [0.3, 0.4) is 0 Å². The summed E-state index contributed by atoms with van der Waals surface area (Å²) in [6.07, 6.45) is 3.82. The number of hydrogen-bond acceptors (Lipinski definition) is 4. The van der Waals surface area contributed by atoms with Crippen molar-refractivity contribution in [3.8, 4) is 0 Å². The van der Waals surface area contributed by atoms with E-state index in [0.29, 0.717) is 13.0 Å². The molecule has 0 aliphatic rings. The van der Waals surface area contributed by atoms with Gasteiger partial charge in [0.05, 0.1) is 5.75 Å². The molecule has 7 heteroatoms. The third-order valence-corrected chi connectivity index (χ3v) is 4.48. The van der Waals surface area contributed by atoms with Gasteiger partial charge in [0.2, 0.25) is 15.9 Å². The summed E-state index contributed by atoms with van der Waals surface area (Å²) in [6.45, 7) is 5.73. The van der Waals surface area contributed by atoms with Crippen molar-refractivity contribution in [1.29, 1.82) is 0 Å². The fraction of sp³-hybridized carbons (Fsp3) is 0.571. The van der Waals surface area contributed by atoms with E-state index in [1.54, 1.807) is 25.4 Å². The molecule has 1 heterocycles. The molecule has 0 aliphatic carbocycles. The number of sulfonamides is 1. The number of amides is 1. The highest BCUT2D eigenvalue weighted by atomic mass is 32.2. The first-order chi connectivity index (χ1) is 9.85. The number of nitrogens with zero attached hydrogens (tertiary/aromatic N) is 1. The van der Waals surface area contributed by atoms with Crippen LogP contribution in [0.4, 0.5) is 0 Å². The molecule has 21 heavy (non-hydrogen) atoms. The Labute approximate surface area is 126 Å². The largest absolute Gasteiger partial charge is 0.351 e. The predicted octanol–water partition coefficient (Wildman–Crippen LogP) is 1.05. The zero-order valence-corrected chi connectivity index (χ0v) is 13.5. The lowest BCUT2D eigenvalue weighted by Gasteiger charge is -2.21. The molecule has 0 saturated heterocycles. The van der Waals surface area contributed by atoms with E-state index in [0.717, 1.165) is 5.56 Å². The van der Waals surface area contributed by atoms with Gasteiger partial charge in [-0.2, -0.15) is 0 Å². The lowest BCUT2D eigenvalue weighted by molar-refractivity contribution is -0.123. The summed E-state index contributed by atoms with van der Waals surface area (Å²) in [7, 11) is -3.43. The average Bonchev–Trinajstić information content (AvgIpc) is 2.43. The molecule has 0 aliphatic heterocycles. The van der Waals surface area contributed by atoms with Crippen molar-refractivity contribution in [3.05, 3.63) is 30.1 Å². The number of rotatable bonds is 8. The van der Waals surface area contributed by atoms with Crippen LogP contribution in [0.1, 0.15) is 32.8 Å². The Morgan fingerprint density at radius 1 is 1.38 bits per heavy atom. The number of aromatic nitrogens is 1. The Hall–Kier alpha value is -1.47. The molecule has 1 aromatic heterocycles. The molecule has 118 valence electrons. The standard InChI is InChI=1S/C14H23N3O3S/c1-4-8-21(19,20)17-13(11(2)3)14(18)16-10-12-6-5-7-15-9-12/h5-7,9,11,13,17H,4,8,10H2,1-3H3,(H,16,18)/t13-/m1/s1. The minimum absolute atomic E-state index is 0.0199. The lowest BCUT2D eigenvalue weighted by Crippen LogP contribution is -2.49. The zero-order valence-electron chi connectivity index (χ0n) is 12.7. The Bertz CT molecular complexity index is 544. The highest BCUT2D eigenvalue weighted by molar-refractivity contribution is 7.89. The number of nitrogens with one attached hydrogen (secondary N) is 2. The first-order valence-electron chi connectivity index (χ1n) is 7.02. The van der Waals surface area contributed by atoms with Crippen LogP contribution in [0.2, 0.25) is 0 Å². The topological polar surface area (TPSA) is 88.2 Å². The second kappa shape index (κ2) is 8.09. The van der Waals surface area contributed by atoms with Crippen LogP contribution in [0.5, 0.6) is 0 Å². The average molecular weight is 313 g/mol. The Balaban J connectivity index is 2.66. The van der Waals surface area contributed by atoms with E-state index in [4.69, 9.17) is 0 Å². The highest BCUT2D eigenvalue weighted by Gasteiger charge is 2.26. The van der Waals surface area contributed by atoms with Crippen LogP contribution in [0.25, 0.3) is 0 Å². The number of carbonyl (C=O) groups excluding carboxylic acids is 1. The van der Waals surface area contributed by atoms with E-state index < -0.39 is 16.1 Å². The molecule has 0 bridgehead atoms. The molecule has 0 fully saturated rings. The molecular weight excluding hydrogens is 290 g/mol. The minimum atomic E-state index is -3.43. The van der Waals surface area contributed by atoms with Gasteiger partial charge < -0.3 is 5.32 Å². The van der Waals surface area contributed by atoms with Gasteiger partial charge in [0.15, 0.2) is 0 Å². The van der Waals surface area contributed by atoms with Gasteiger partial charge in [-0.1, -0.05) is 26.8 Å². The molecule has 0 aromatic carbocycles. The van der Waals surface area contributed by atoms with Gasteiger partial charge in [-0.3, -0.25) is 9.78 Å². The maximum atomic E-state index is 12.2. The normalized spacial score (nSPS) is 13.1. The van der Waals surface area contributed by atoms with E-state index in [-0.39, 0.29) is 17.6 Å². The molecule has 0 spiro atoms. The smallest absolute Gasteiger partial charge is 0.238 e. The maximum Gasteiger partial charge on any atom is 0.238 e. The highest BCUT2D eigenvalue weighted by Crippen LogP contribution is 2.05. The van der Waals surface area contributed by atoms with Crippen molar-refractivity contribution in [1.82, 2.24) is 15.0 Å². The van der Waals surface area contributed by atoms with Gasteiger partial charge in [-0.15, -0.1) is 0 Å². The molecule has 0 radical (unpaired) electrons. The molecule has 0 saturated carbocycles. The first kappa shape index (κ1) is 17.6. The van der Waals surface area contributed by atoms with E-state index in [9.17, 15) is 13.2 Å². The van der Waals surface area contributed by atoms with Crippen molar-refractivity contribution in [2.75, 3.05) is 5.75 Å². The Morgan fingerprint density at radius 2 is 2.10 bits per heavy atom. The van der Waals surface area contributed by atoms with Crippen molar-refractivity contribution in [3.63, 3.8) is 0 Å². The second-order valence-electron chi connectivity index (χ2n) is 5.24. The summed E-state index contributed by atoms with van der Waals surface area (Å²) < 4.78 is 26.1. The van der Waals surface area contributed by atoms with Crippen LogP contribution in [-0.4, -0.2) is 31.1 Å². The van der Waals surface area contributed by atoms with Crippen molar-refractivity contribution in [2.45, 2.75) is 39.8 Å². The van der Waals surface area contributed by atoms with Gasteiger partial charge in [-0.25, -0.2) is 13.1 Å². The zero-order chi connectivity index (χ0) is 15.9. The van der Waals surface area contributed by atoms with Crippen LogP contribution < -0.4 is 10.0 Å². The van der Waals surface area contributed by atoms with Gasteiger partial charge in [0, 0.05) is 18.9 Å². The fourth-order valence-electron chi connectivity index (χ4n) is 1.82. The number of hydrogen-bond donors (Lipinski definition) is 2. The summed E-state index contributed by atoms with van der Waals surface area (Å²) in [6, 6.07) is 2.86. The molecule has 6 nitrogen and oxygen atoms in total. The third-order valence-electron chi connectivity index (χ3n) is 2.92. The van der Waals surface area contributed by atoms with E-state index in [1.807, 2.05) is 19.9 Å². The first-order valence-corrected chi connectivity index (χ1v) is 8.67. The minimum Gasteiger partial charge on any atom is -0.351 e. The maximum absolute atomic E-state index is 12.2. The Kier molecular flexibility index (Phi) is 6.77. The number of pyridine rings is 1. The quantitative estimate of drug-likeness (QED) is 0.751. The number of carbonyl (C=O) groups is 1. The summed E-state index contributed by atoms with van der Waals surface area (Å²) >= 11 is 0. The van der Waals surface area contributed by atoms with Gasteiger partial charge in [0.25, 0.3) is 0 Å². The summed E-state index contributed by atoms with van der Waals surface area (Å²) in [5.41, 5.74) is 0.866. The van der Waals surface area contributed by atoms with Crippen LogP contribution in [-0.2, 0) is 21.4 Å². The van der Waals surface area contributed by atoms with Crippen molar-refractivity contribution in [2.24, 2.45) is 5.92 Å². The van der Waals surface area contributed by atoms with Crippen LogP contribution in [0.15, 0.2) is 24.5 Å². The van der Waals surface area contributed by atoms with Crippen molar-refractivity contribution < 1.29 is 13.2 Å². The molecule has 1 amide bonds. The predicted molar refractivity (Wildman–Crippen MR) is 81.9 cm³/mol. The molecular formula is C14H23N3O3S. The molecule has 1 aromatic rings. The molecule has 0 unspecified atom stereocenters. The van der Waals surface area contributed by atoms with Crippen LogP contribution in [0, 0.1) is 5.92 Å². The molecule has 2 N–H and O–H groups in total. The fourth-order valence-corrected chi connectivity index (χ4v) is 3.24. The van der Waals surface area contributed by atoms with Gasteiger partial charge >= 0.3 is 0 Å². The van der Waals surface area contributed by atoms with E-state index in [2.05, 4.69) is 15.0 Å². The summed E-state index contributed by atoms with van der Waals surface area (Å²) in [4.78, 5) is 16.1. The summed E-state index contributed by atoms with van der Waals surface area (Å²) in [5.74, 6) is -0.439.